The molecule has 1 N–H and O–H groups in total. The number of likely N-dealkylation sites (N-methyl/N-ethyl adjacent to an activating group) is 2. The minimum Gasteiger partial charge on any atom is -0.313 e. The first-order valence-corrected chi connectivity index (χ1v) is 6.54. The number of halogens is 1. The van der Waals surface area contributed by atoms with E-state index in [-0.39, 0.29) is 0 Å². The quantitative estimate of drug-likeness (QED) is 0.840. The van der Waals surface area contributed by atoms with Gasteiger partial charge in [-0.2, -0.15) is 0 Å². The van der Waals surface area contributed by atoms with Gasteiger partial charge in [-0.1, -0.05) is 30.7 Å². The lowest BCUT2D eigenvalue weighted by molar-refractivity contribution is 0.339. The predicted molar refractivity (Wildman–Crippen MR) is 75.9 cm³/mol. The summed E-state index contributed by atoms with van der Waals surface area (Å²) in [7, 11) is 4.20. The molecular formula is C14H23ClN2. The Morgan fingerprint density at radius 1 is 1.35 bits per heavy atom. The molecule has 17 heavy (non-hydrogen) atoms. The minimum absolute atomic E-state index is 0.454. The minimum atomic E-state index is 0.454. The maximum atomic E-state index is 6.27. The van der Waals surface area contributed by atoms with Crippen molar-refractivity contribution >= 4 is 11.6 Å². The molecule has 1 atom stereocenters. The Labute approximate surface area is 110 Å². The number of nitrogens with one attached hydrogen (secondary N) is 1. The summed E-state index contributed by atoms with van der Waals surface area (Å²) in [6.45, 7) is 6.22. The van der Waals surface area contributed by atoms with Crippen LogP contribution in [0.25, 0.3) is 0 Å². The molecule has 0 radical (unpaired) electrons. The van der Waals surface area contributed by atoms with Crippen molar-refractivity contribution in [2.45, 2.75) is 26.3 Å². The maximum Gasteiger partial charge on any atom is 0.0441 e. The van der Waals surface area contributed by atoms with E-state index in [9.17, 15) is 0 Å². The second-order valence-electron chi connectivity index (χ2n) is 4.82. The van der Waals surface area contributed by atoms with Gasteiger partial charge in [0.25, 0.3) is 0 Å². The van der Waals surface area contributed by atoms with Crippen LogP contribution in [0.15, 0.2) is 18.2 Å². The molecule has 0 spiro atoms. The fourth-order valence-electron chi connectivity index (χ4n) is 2.01. The Bertz CT molecular complexity index is 350. The topological polar surface area (TPSA) is 15.3 Å². The fourth-order valence-corrected chi connectivity index (χ4v) is 2.33. The van der Waals surface area contributed by atoms with Gasteiger partial charge in [-0.05, 0) is 51.2 Å². The van der Waals surface area contributed by atoms with E-state index in [0.29, 0.717) is 6.04 Å². The molecule has 0 bridgehead atoms. The van der Waals surface area contributed by atoms with Crippen LogP contribution in [0.5, 0.6) is 0 Å². The predicted octanol–water partition coefficient (Wildman–Crippen LogP) is 2.73. The second kappa shape index (κ2) is 7.00. The molecule has 0 aromatic heterocycles. The summed E-state index contributed by atoms with van der Waals surface area (Å²) in [5.41, 5.74) is 2.44. The first-order valence-electron chi connectivity index (χ1n) is 6.16. The van der Waals surface area contributed by atoms with E-state index in [1.54, 1.807) is 0 Å². The molecule has 1 unspecified atom stereocenters. The number of rotatable bonds is 6. The number of nitrogens with zero attached hydrogens (tertiary/aromatic N) is 1. The molecule has 0 aliphatic heterocycles. The molecule has 1 aromatic carbocycles. The molecule has 96 valence electrons. The normalized spacial score (nSPS) is 13.1. The average Bonchev–Trinajstić information content (AvgIpc) is 2.21. The molecule has 0 saturated carbocycles. The molecule has 0 heterocycles. The van der Waals surface area contributed by atoms with Gasteiger partial charge in [0.15, 0.2) is 0 Å². The van der Waals surface area contributed by atoms with E-state index >= 15 is 0 Å². The number of aryl methyl sites for hydroxylation is 1. The second-order valence-corrected chi connectivity index (χ2v) is 5.22. The molecule has 0 aliphatic carbocycles. The third-order valence-corrected chi connectivity index (χ3v) is 3.11. The monoisotopic (exact) mass is 254 g/mol. The van der Waals surface area contributed by atoms with Gasteiger partial charge in [-0.15, -0.1) is 0 Å². The molecule has 0 amide bonds. The lowest BCUT2D eigenvalue weighted by Gasteiger charge is -2.22. The van der Waals surface area contributed by atoms with Crippen LogP contribution in [-0.2, 0) is 6.42 Å². The van der Waals surface area contributed by atoms with Crippen LogP contribution in [0.4, 0.5) is 0 Å². The molecule has 0 aliphatic rings. The zero-order valence-electron chi connectivity index (χ0n) is 11.3. The summed E-state index contributed by atoms with van der Waals surface area (Å²) < 4.78 is 0. The van der Waals surface area contributed by atoms with E-state index < -0.39 is 0 Å². The highest BCUT2D eigenvalue weighted by molar-refractivity contribution is 6.31. The highest BCUT2D eigenvalue weighted by Gasteiger charge is 2.11. The highest BCUT2D eigenvalue weighted by Crippen LogP contribution is 2.19. The molecule has 1 aromatic rings. The Morgan fingerprint density at radius 3 is 2.59 bits per heavy atom. The Balaban J connectivity index is 2.71. The third kappa shape index (κ3) is 5.07. The number of hydrogen-bond donors (Lipinski definition) is 1. The van der Waals surface area contributed by atoms with E-state index in [4.69, 9.17) is 11.6 Å². The van der Waals surface area contributed by atoms with Gasteiger partial charge < -0.3 is 10.2 Å². The van der Waals surface area contributed by atoms with Crippen LogP contribution < -0.4 is 5.32 Å². The van der Waals surface area contributed by atoms with Crippen molar-refractivity contribution in [3.63, 3.8) is 0 Å². The van der Waals surface area contributed by atoms with Crippen LogP contribution >= 0.6 is 11.6 Å². The average molecular weight is 255 g/mol. The SMILES string of the molecule is CCNC(Cc1ccc(C)cc1Cl)CN(C)C. The fraction of sp³-hybridized carbons (Fsp3) is 0.571. The Hall–Kier alpha value is -0.570. The molecule has 1 rings (SSSR count). The van der Waals surface area contributed by atoms with Crippen molar-refractivity contribution in [1.29, 1.82) is 0 Å². The molecule has 3 heteroatoms. The van der Waals surface area contributed by atoms with Crippen LogP contribution in [-0.4, -0.2) is 38.1 Å². The van der Waals surface area contributed by atoms with Gasteiger partial charge >= 0.3 is 0 Å². The summed E-state index contributed by atoms with van der Waals surface area (Å²) in [6, 6.07) is 6.75. The van der Waals surface area contributed by atoms with Crippen LogP contribution in [0.1, 0.15) is 18.1 Å². The Morgan fingerprint density at radius 2 is 2.06 bits per heavy atom. The lowest BCUT2D eigenvalue weighted by Crippen LogP contribution is -2.39. The molecular weight excluding hydrogens is 232 g/mol. The Kier molecular flexibility index (Phi) is 5.96. The first kappa shape index (κ1) is 14.5. The van der Waals surface area contributed by atoms with Gasteiger partial charge in [-0.3, -0.25) is 0 Å². The van der Waals surface area contributed by atoms with E-state index in [0.717, 1.165) is 24.5 Å². The van der Waals surface area contributed by atoms with Crippen molar-refractivity contribution in [1.82, 2.24) is 10.2 Å². The first-order chi connectivity index (χ1) is 8.02. The van der Waals surface area contributed by atoms with E-state index in [1.165, 1.54) is 11.1 Å². The highest BCUT2D eigenvalue weighted by atomic mass is 35.5. The van der Waals surface area contributed by atoms with E-state index in [1.807, 2.05) is 6.07 Å². The largest absolute Gasteiger partial charge is 0.313 e. The smallest absolute Gasteiger partial charge is 0.0441 e. The molecule has 0 saturated heterocycles. The number of benzene rings is 1. The summed E-state index contributed by atoms with van der Waals surface area (Å²) >= 11 is 6.27. The summed E-state index contributed by atoms with van der Waals surface area (Å²) in [5, 5.41) is 4.39. The van der Waals surface area contributed by atoms with Crippen molar-refractivity contribution in [2.75, 3.05) is 27.2 Å². The zero-order chi connectivity index (χ0) is 12.8. The van der Waals surface area contributed by atoms with Crippen LogP contribution in [0.2, 0.25) is 5.02 Å². The molecule has 2 nitrogen and oxygen atoms in total. The van der Waals surface area contributed by atoms with Gasteiger partial charge in [0.2, 0.25) is 0 Å². The third-order valence-electron chi connectivity index (χ3n) is 2.75. The van der Waals surface area contributed by atoms with Crippen LogP contribution in [0.3, 0.4) is 0 Å². The van der Waals surface area contributed by atoms with Gasteiger partial charge in [0.1, 0.15) is 0 Å². The summed E-state index contributed by atoms with van der Waals surface area (Å²) in [6.07, 6.45) is 0.977. The van der Waals surface area contributed by atoms with Crippen molar-refractivity contribution < 1.29 is 0 Å². The van der Waals surface area contributed by atoms with E-state index in [2.05, 4.69) is 50.3 Å². The van der Waals surface area contributed by atoms with Crippen molar-refractivity contribution in [3.8, 4) is 0 Å². The van der Waals surface area contributed by atoms with Crippen LogP contribution in [0, 0.1) is 6.92 Å². The van der Waals surface area contributed by atoms with Crippen molar-refractivity contribution in [2.24, 2.45) is 0 Å². The lowest BCUT2D eigenvalue weighted by atomic mass is 10.0. The molecule has 0 fully saturated rings. The summed E-state index contributed by atoms with van der Waals surface area (Å²) in [5.74, 6) is 0. The van der Waals surface area contributed by atoms with Gasteiger partial charge in [0.05, 0.1) is 0 Å². The maximum absolute atomic E-state index is 6.27. The van der Waals surface area contributed by atoms with Gasteiger partial charge in [0, 0.05) is 17.6 Å². The van der Waals surface area contributed by atoms with Gasteiger partial charge in [-0.25, -0.2) is 0 Å². The standard InChI is InChI=1S/C14H23ClN2/c1-5-16-13(10-17(3)4)9-12-7-6-11(2)8-14(12)15/h6-8,13,16H,5,9-10H2,1-4H3. The van der Waals surface area contributed by atoms with Crippen molar-refractivity contribution in [3.05, 3.63) is 34.3 Å². The zero-order valence-corrected chi connectivity index (χ0v) is 12.0. The summed E-state index contributed by atoms with van der Waals surface area (Å²) in [4.78, 5) is 2.20. The number of hydrogen-bond acceptors (Lipinski definition) is 2.